The highest BCUT2D eigenvalue weighted by Gasteiger charge is 2.21. The number of nitrogens with zero attached hydrogens (tertiary/aromatic N) is 1. The summed E-state index contributed by atoms with van der Waals surface area (Å²) >= 11 is 4.90. The lowest BCUT2D eigenvalue weighted by Gasteiger charge is -2.32. The van der Waals surface area contributed by atoms with E-state index in [4.69, 9.17) is 0 Å². The fourth-order valence-electron chi connectivity index (χ4n) is 1.87. The fraction of sp³-hybridized carbons (Fsp3) is 0.545. The molecular weight excluding hydrogens is 302 g/mol. The van der Waals surface area contributed by atoms with E-state index in [0.29, 0.717) is 12.5 Å². The first-order valence-corrected chi connectivity index (χ1v) is 7.27. The molecule has 0 bridgehead atoms. The quantitative estimate of drug-likeness (QED) is 0.892. The van der Waals surface area contributed by atoms with Crippen LogP contribution in [0.1, 0.15) is 6.42 Å². The SMILES string of the molecule is CN1CCNCC1CC(=O)Nc1cc(Br)cs1. The van der Waals surface area contributed by atoms with Crippen LogP contribution in [0.2, 0.25) is 0 Å². The smallest absolute Gasteiger partial charge is 0.226 e. The number of piperazine rings is 1. The first-order valence-electron chi connectivity index (χ1n) is 5.60. The maximum Gasteiger partial charge on any atom is 0.226 e. The van der Waals surface area contributed by atoms with Crippen molar-refractivity contribution >= 4 is 38.2 Å². The van der Waals surface area contributed by atoms with Gasteiger partial charge in [-0.1, -0.05) is 0 Å². The number of likely N-dealkylation sites (N-methyl/N-ethyl adjacent to an activating group) is 1. The van der Waals surface area contributed by atoms with Crippen LogP contribution in [0, 0.1) is 0 Å². The van der Waals surface area contributed by atoms with E-state index in [1.807, 2.05) is 11.4 Å². The molecule has 1 saturated heterocycles. The highest BCUT2D eigenvalue weighted by atomic mass is 79.9. The van der Waals surface area contributed by atoms with Crippen molar-refractivity contribution in [1.29, 1.82) is 0 Å². The molecule has 1 atom stereocenters. The Morgan fingerprint density at radius 1 is 1.76 bits per heavy atom. The highest BCUT2D eigenvalue weighted by molar-refractivity contribution is 9.10. The number of hydrogen-bond acceptors (Lipinski definition) is 4. The molecule has 1 unspecified atom stereocenters. The van der Waals surface area contributed by atoms with E-state index < -0.39 is 0 Å². The van der Waals surface area contributed by atoms with Crippen LogP contribution in [-0.4, -0.2) is 43.5 Å². The third-order valence-corrected chi connectivity index (χ3v) is 4.50. The van der Waals surface area contributed by atoms with Gasteiger partial charge in [0.2, 0.25) is 5.91 Å². The number of rotatable bonds is 3. The number of amides is 1. The zero-order chi connectivity index (χ0) is 12.3. The van der Waals surface area contributed by atoms with E-state index in [1.165, 1.54) is 11.3 Å². The molecule has 1 amide bonds. The molecule has 1 aliphatic heterocycles. The summed E-state index contributed by atoms with van der Waals surface area (Å²) in [5.41, 5.74) is 0. The third-order valence-electron chi connectivity index (χ3n) is 2.90. The van der Waals surface area contributed by atoms with Crippen molar-refractivity contribution < 1.29 is 4.79 Å². The van der Waals surface area contributed by atoms with Crippen LogP contribution in [0.15, 0.2) is 15.9 Å². The highest BCUT2D eigenvalue weighted by Crippen LogP contribution is 2.24. The summed E-state index contributed by atoms with van der Waals surface area (Å²) in [6.07, 6.45) is 0.541. The van der Waals surface area contributed by atoms with Crippen molar-refractivity contribution in [3.8, 4) is 0 Å². The lowest BCUT2D eigenvalue weighted by atomic mass is 10.1. The number of carbonyl (C=O) groups excluding carboxylic acids is 1. The molecule has 1 aromatic heterocycles. The van der Waals surface area contributed by atoms with Crippen molar-refractivity contribution in [3.63, 3.8) is 0 Å². The second-order valence-electron chi connectivity index (χ2n) is 4.22. The second-order valence-corrected chi connectivity index (χ2v) is 6.05. The summed E-state index contributed by atoms with van der Waals surface area (Å²) in [7, 11) is 2.07. The Morgan fingerprint density at radius 3 is 3.24 bits per heavy atom. The average molecular weight is 318 g/mol. The number of anilines is 1. The molecule has 2 N–H and O–H groups in total. The molecule has 0 aliphatic carbocycles. The van der Waals surface area contributed by atoms with E-state index >= 15 is 0 Å². The van der Waals surface area contributed by atoms with Gasteiger partial charge in [-0.05, 0) is 29.0 Å². The Labute approximate surface area is 114 Å². The summed E-state index contributed by atoms with van der Waals surface area (Å²) in [5, 5.41) is 9.10. The van der Waals surface area contributed by atoms with E-state index in [-0.39, 0.29) is 5.91 Å². The standard InChI is InChI=1S/C11H16BrN3OS/c1-15-3-2-13-6-9(15)5-10(16)14-11-4-8(12)7-17-11/h4,7,9,13H,2-3,5-6H2,1H3,(H,14,16). The van der Waals surface area contributed by atoms with Crippen LogP contribution in [0.3, 0.4) is 0 Å². The molecule has 2 rings (SSSR count). The van der Waals surface area contributed by atoms with Gasteiger partial charge in [0.05, 0.1) is 5.00 Å². The van der Waals surface area contributed by atoms with Gasteiger partial charge in [-0.3, -0.25) is 4.79 Å². The van der Waals surface area contributed by atoms with Gasteiger partial charge in [0, 0.05) is 41.9 Å². The molecule has 0 saturated carbocycles. The molecule has 1 fully saturated rings. The molecular formula is C11H16BrN3OS. The lowest BCUT2D eigenvalue weighted by Crippen LogP contribution is -2.50. The minimum Gasteiger partial charge on any atom is -0.318 e. The number of thiophene rings is 1. The van der Waals surface area contributed by atoms with Gasteiger partial charge in [-0.2, -0.15) is 0 Å². The molecule has 1 aromatic rings. The Morgan fingerprint density at radius 2 is 2.59 bits per heavy atom. The van der Waals surface area contributed by atoms with Crippen molar-refractivity contribution in [2.24, 2.45) is 0 Å². The average Bonchev–Trinajstić information content (AvgIpc) is 2.67. The molecule has 0 radical (unpaired) electrons. The van der Waals surface area contributed by atoms with Gasteiger partial charge in [0.1, 0.15) is 0 Å². The zero-order valence-electron chi connectivity index (χ0n) is 9.70. The van der Waals surface area contributed by atoms with Gasteiger partial charge < -0.3 is 15.5 Å². The van der Waals surface area contributed by atoms with Gasteiger partial charge >= 0.3 is 0 Å². The number of halogens is 1. The first-order chi connectivity index (χ1) is 8.15. The van der Waals surface area contributed by atoms with Crippen LogP contribution in [0.4, 0.5) is 5.00 Å². The molecule has 6 heteroatoms. The summed E-state index contributed by atoms with van der Waals surface area (Å²) in [6.45, 7) is 2.90. The normalized spacial score (nSPS) is 21.4. The molecule has 1 aliphatic rings. The monoisotopic (exact) mass is 317 g/mol. The predicted molar refractivity (Wildman–Crippen MR) is 74.6 cm³/mol. The van der Waals surface area contributed by atoms with E-state index in [9.17, 15) is 4.79 Å². The summed E-state index contributed by atoms with van der Waals surface area (Å²) in [5.74, 6) is 0.0832. The maximum atomic E-state index is 11.9. The lowest BCUT2D eigenvalue weighted by molar-refractivity contribution is -0.117. The summed E-state index contributed by atoms with van der Waals surface area (Å²) in [6, 6.07) is 2.22. The predicted octanol–water partition coefficient (Wildman–Crippen LogP) is 1.74. The van der Waals surface area contributed by atoms with Gasteiger partial charge in [0.25, 0.3) is 0 Å². The third kappa shape index (κ3) is 3.77. The number of carbonyl (C=O) groups is 1. The topological polar surface area (TPSA) is 44.4 Å². The molecule has 94 valence electrons. The maximum absolute atomic E-state index is 11.9. The van der Waals surface area contributed by atoms with E-state index in [0.717, 1.165) is 29.1 Å². The van der Waals surface area contributed by atoms with Crippen LogP contribution >= 0.6 is 27.3 Å². The van der Waals surface area contributed by atoms with E-state index in [2.05, 4.69) is 38.5 Å². The van der Waals surface area contributed by atoms with Crippen LogP contribution in [-0.2, 0) is 4.79 Å². The van der Waals surface area contributed by atoms with Crippen LogP contribution in [0.25, 0.3) is 0 Å². The van der Waals surface area contributed by atoms with Crippen molar-refractivity contribution in [1.82, 2.24) is 10.2 Å². The van der Waals surface area contributed by atoms with Gasteiger partial charge in [0.15, 0.2) is 0 Å². The van der Waals surface area contributed by atoms with Crippen molar-refractivity contribution in [2.45, 2.75) is 12.5 Å². The van der Waals surface area contributed by atoms with Gasteiger partial charge in [-0.25, -0.2) is 0 Å². The number of nitrogens with one attached hydrogen (secondary N) is 2. The zero-order valence-corrected chi connectivity index (χ0v) is 12.1. The van der Waals surface area contributed by atoms with Crippen LogP contribution in [0.5, 0.6) is 0 Å². The Hall–Kier alpha value is -0.430. The molecule has 17 heavy (non-hydrogen) atoms. The Balaban J connectivity index is 1.84. The fourth-order valence-corrected chi connectivity index (χ4v) is 3.21. The summed E-state index contributed by atoms with van der Waals surface area (Å²) in [4.78, 5) is 14.1. The van der Waals surface area contributed by atoms with Crippen LogP contribution < -0.4 is 10.6 Å². The molecule has 4 nitrogen and oxygen atoms in total. The van der Waals surface area contributed by atoms with Gasteiger partial charge in [-0.15, -0.1) is 11.3 Å². The largest absolute Gasteiger partial charge is 0.318 e. The Kier molecular flexibility index (Phi) is 4.55. The molecule has 0 aromatic carbocycles. The van der Waals surface area contributed by atoms with Crippen molar-refractivity contribution in [2.75, 3.05) is 32.0 Å². The summed E-state index contributed by atoms with van der Waals surface area (Å²) < 4.78 is 1.01. The minimum absolute atomic E-state index is 0.0832. The molecule has 0 spiro atoms. The van der Waals surface area contributed by atoms with E-state index in [1.54, 1.807) is 0 Å². The molecule has 2 heterocycles. The number of hydrogen-bond donors (Lipinski definition) is 2. The van der Waals surface area contributed by atoms with Crippen molar-refractivity contribution in [3.05, 3.63) is 15.9 Å². The second kappa shape index (κ2) is 5.95. The minimum atomic E-state index is 0.0832. The first kappa shape index (κ1) is 13.0. The Bertz CT molecular complexity index is 396.